The number of carbonyl (C=O) groups is 1. The molecule has 0 atom stereocenters. The quantitative estimate of drug-likeness (QED) is 0.787. The number of aromatic carboxylic acids is 1. The molecule has 0 aromatic heterocycles. The maximum atomic E-state index is 13.6. The zero-order valence-electron chi connectivity index (χ0n) is 8.78. The third-order valence-corrected chi connectivity index (χ3v) is 3.34. The largest absolute Gasteiger partial charge is 0.477 e. The minimum atomic E-state index is -4.32. The average molecular weight is 275 g/mol. The summed E-state index contributed by atoms with van der Waals surface area (Å²) in [5.74, 6) is -2.98. The Hall–Kier alpha value is -1.98. The van der Waals surface area contributed by atoms with Gasteiger partial charge in [0, 0.05) is 0 Å². The molecule has 0 saturated heterocycles. The number of carboxylic acids is 1. The molecule has 1 rings (SSSR count). The van der Waals surface area contributed by atoms with Crippen LogP contribution < -0.4 is 4.72 Å². The Morgan fingerprint density at radius 2 is 2.06 bits per heavy atom. The fraction of sp³-hybridized carbons (Fsp3) is 0.100. The number of hydrogen-bond acceptors (Lipinski definition) is 3. The summed E-state index contributed by atoms with van der Waals surface area (Å²) in [6.45, 7) is -0.401. The molecular weight excluding hydrogens is 268 g/mol. The third kappa shape index (κ3) is 2.64. The number of hydrogen-bond donors (Lipinski definition) is 2. The zero-order valence-corrected chi connectivity index (χ0v) is 9.59. The smallest absolute Gasteiger partial charge is 0.341 e. The van der Waals surface area contributed by atoms with Crippen molar-refractivity contribution in [2.75, 3.05) is 6.54 Å². The van der Waals surface area contributed by atoms with Crippen molar-refractivity contribution < 1.29 is 27.1 Å². The number of benzene rings is 1. The first-order chi connectivity index (χ1) is 8.31. The van der Waals surface area contributed by atoms with Crippen LogP contribution in [0.4, 0.5) is 8.78 Å². The second kappa shape index (κ2) is 5.12. The highest BCUT2D eigenvalue weighted by atomic mass is 32.2. The van der Waals surface area contributed by atoms with Gasteiger partial charge in [-0.2, -0.15) is 4.72 Å². The van der Waals surface area contributed by atoms with Crippen LogP contribution >= 0.6 is 0 Å². The van der Waals surface area contributed by atoms with E-state index in [2.05, 4.69) is 0 Å². The van der Waals surface area contributed by atoms with Crippen molar-refractivity contribution in [2.24, 2.45) is 0 Å². The van der Waals surface area contributed by atoms with Gasteiger partial charge in [-0.15, -0.1) is 6.42 Å². The first-order valence-electron chi connectivity index (χ1n) is 4.45. The van der Waals surface area contributed by atoms with Crippen LogP contribution in [0.15, 0.2) is 17.0 Å². The zero-order chi connectivity index (χ0) is 13.9. The fourth-order valence-corrected chi connectivity index (χ4v) is 2.17. The Morgan fingerprint density at radius 3 is 2.56 bits per heavy atom. The summed E-state index contributed by atoms with van der Waals surface area (Å²) in [6, 6.07) is 1.17. The summed E-state index contributed by atoms with van der Waals surface area (Å²) in [5.41, 5.74) is -1.33. The summed E-state index contributed by atoms with van der Waals surface area (Å²) >= 11 is 0. The number of nitrogens with one attached hydrogen (secondary N) is 1. The number of sulfonamides is 1. The van der Waals surface area contributed by atoms with Gasteiger partial charge in [-0.1, -0.05) is 5.92 Å². The Labute approximate surface area is 101 Å². The van der Waals surface area contributed by atoms with Crippen molar-refractivity contribution in [3.8, 4) is 12.3 Å². The number of halogens is 2. The van der Waals surface area contributed by atoms with Gasteiger partial charge in [-0.3, -0.25) is 0 Å². The summed E-state index contributed by atoms with van der Waals surface area (Å²) in [4.78, 5) is 9.63. The van der Waals surface area contributed by atoms with Crippen molar-refractivity contribution in [1.29, 1.82) is 0 Å². The van der Waals surface area contributed by atoms with Gasteiger partial charge in [0.15, 0.2) is 5.82 Å². The van der Waals surface area contributed by atoms with E-state index in [0.29, 0.717) is 12.1 Å². The van der Waals surface area contributed by atoms with Gasteiger partial charge in [0.05, 0.1) is 6.54 Å². The minimum Gasteiger partial charge on any atom is -0.477 e. The van der Waals surface area contributed by atoms with E-state index in [0.717, 1.165) is 0 Å². The summed E-state index contributed by atoms with van der Waals surface area (Å²) in [5, 5.41) is 8.59. The fourth-order valence-electron chi connectivity index (χ4n) is 1.15. The van der Waals surface area contributed by atoms with Crippen LogP contribution in [0.1, 0.15) is 10.4 Å². The van der Waals surface area contributed by atoms with Gasteiger partial charge in [0.1, 0.15) is 16.3 Å². The predicted molar refractivity (Wildman–Crippen MR) is 57.3 cm³/mol. The monoisotopic (exact) mass is 275 g/mol. The van der Waals surface area contributed by atoms with E-state index in [1.807, 2.05) is 10.6 Å². The normalized spacial score (nSPS) is 10.9. The van der Waals surface area contributed by atoms with E-state index in [9.17, 15) is 22.0 Å². The Bertz CT molecular complexity index is 634. The molecule has 0 aliphatic heterocycles. The third-order valence-electron chi connectivity index (χ3n) is 1.92. The summed E-state index contributed by atoms with van der Waals surface area (Å²) in [6.07, 6.45) is 4.83. The van der Waals surface area contributed by atoms with Gasteiger partial charge >= 0.3 is 5.97 Å². The van der Waals surface area contributed by atoms with E-state index >= 15 is 0 Å². The van der Waals surface area contributed by atoms with E-state index in [1.165, 1.54) is 0 Å². The first kappa shape index (κ1) is 14.1. The maximum absolute atomic E-state index is 13.6. The van der Waals surface area contributed by atoms with Gasteiger partial charge < -0.3 is 5.11 Å². The maximum Gasteiger partial charge on any atom is 0.341 e. The van der Waals surface area contributed by atoms with Crippen molar-refractivity contribution in [1.82, 2.24) is 4.72 Å². The molecule has 0 amide bonds. The highest BCUT2D eigenvalue weighted by Crippen LogP contribution is 2.20. The summed E-state index contributed by atoms with van der Waals surface area (Å²) in [7, 11) is -4.32. The minimum absolute atomic E-state index is 0.401. The van der Waals surface area contributed by atoms with Crippen LogP contribution in [-0.2, 0) is 10.0 Å². The first-order valence-corrected chi connectivity index (χ1v) is 5.94. The lowest BCUT2D eigenvalue weighted by Crippen LogP contribution is -2.25. The molecule has 8 heteroatoms. The Balaban J connectivity index is 3.41. The molecule has 0 aliphatic carbocycles. The highest BCUT2D eigenvalue weighted by molar-refractivity contribution is 7.89. The van der Waals surface area contributed by atoms with Crippen molar-refractivity contribution in [3.63, 3.8) is 0 Å². The van der Waals surface area contributed by atoms with Crippen LogP contribution in [0.3, 0.4) is 0 Å². The van der Waals surface area contributed by atoms with E-state index < -0.39 is 44.6 Å². The van der Waals surface area contributed by atoms with Crippen LogP contribution in [0, 0.1) is 24.0 Å². The van der Waals surface area contributed by atoms with Crippen molar-refractivity contribution in [2.45, 2.75) is 4.90 Å². The predicted octanol–water partition coefficient (Wildman–Crippen LogP) is 0.575. The second-order valence-corrected chi connectivity index (χ2v) is 4.80. The second-order valence-electron chi connectivity index (χ2n) is 3.07. The molecule has 18 heavy (non-hydrogen) atoms. The topological polar surface area (TPSA) is 83.5 Å². The van der Waals surface area contributed by atoms with E-state index in [1.54, 1.807) is 0 Å². The lowest BCUT2D eigenvalue weighted by atomic mass is 10.2. The van der Waals surface area contributed by atoms with Crippen LogP contribution in [0.25, 0.3) is 0 Å². The number of terminal acetylenes is 1. The number of rotatable bonds is 4. The molecule has 0 bridgehead atoms. The molecule has 0 aliphatic rings. The lowest BCUT2D eigenvalue weighted by Gasteiger charge is -2.07. The summed E-state index contributed by atoms with van der Waals surface area (Å²) < 4.78 is 51.6. The van der Waals surface area contributed by atoms with E-state index in [4.69, 9.17) is 11.5 Å². The number of carboxylic acid groups (broad SMARTS) is 1. The molecule has 0 radical (unpaired) electrons. The molecule has 1 aromatic rings. The molecule has 0 heterocycles. The molecule has 0 unspecified atom stereocenters. The molecule has 0 fully saturated rings. The molecule has 0 spiro atoms. The van der Waals surface area contributed by atoms with Gasteiger partial charge in [-0.05, 0) is 12.1 Å². The highest BCUT2D eigenvalue weighted by Gasteiger charge is 2.26. The van der Waals surface area contributed by atoms with E-state index in [-0.39, 0.29) is 0 Å². The lowest BCUT2D eigenvalue weighted by molar-refractivity contribution is 0.0685. The Morgan fingerprint density at radius 1 is 1.44 bits per heavy atom. The van der Waals surface area contributed by atoms with Crippen LogP contribution in [0.5, 0.6) is 0 Å². The van der Waals surface area contributed by atoms with Gasteiger partial charge in [0.25, 0.3) is 0 Å². The van der Waals surface area contributed by atoms with Crippen molar-refractivity contribution in [3.05, 3.63) is 29.3 Å². The Kier molecular flexibility index (Phi) is 4.00. The van der Waals surface area contributed by atoms with Crippen molar-refractivity contribution >= 4 is 16.0 Å². The standard InChI is InChI=1S/C10H7F2NO4S/c1-2-5-13-18(16,17)7-4-3-6(11)8(9(7)12)10(14)15/h1,3-4,13H,5H2,(H,14,15). The van der Waals surface area contributed by atoms with Crippen LogP contribution in [-0.4, -0.2) is 26.0 Å². The molecule has 5 nitrogen and oxygen atoms in total. The molecule has 96 valence electrons. The molecule has 1 aromatic carbocycles. The SMILES string of the molecule is C#CCNS(=O)(=O)c1ccc(F)c(C(=O)O)c1F. The molecule has 0 saturated carbocycles. The molecular formula is C10H7F2NO4S. The van der Waals surface area contributed by atoms with Crippen LogP contribution in [0.2, 0.25) is 0 Å². The average Bonchev–Trinajstić information content (AvgIpc) is 2.25. The molecule has 2 N–H and O–H groups in total. The van der Waals surface area contributed by atoms with Gasteiger partial charge in [-0.25, -0.2) is 22.0 Å². The van der Waals surface area contributed by atoms with Gasteiger partial charge in [0.2, 0.25) is 10.0 Å².